The molecule has 0 atom stereocenters. The molecule has 2 aromatic heterocycles. The number of aromatic nitrogens is 3. The van der Waals surface area contributed by atoms with Crippen molar-refractivity contribution in [2.24, 2.45) is 0 Å². The molecule has 3 heterocycles. The van der Waals surface area contributed by atoms with Crippen molar-refractivity contribution in [1.82, 2.24) is 15.0 Å². The number of nitrogens with one attached hydrogen (secondary N) is 1. The van der Waals surface area contributed by atoms with E-state index in [2.05, 4.69) is 25.7 Å². The Labute approximate surface area is 228 Å². The molecule has 0 radical (unpaired) electrons. The van der Waals surface area contributed by atoms with E-state index in [1.165, 1.54) is 29.8 Å². The quantitative estimate of drug-likeness (QED) is 0.193. The van der Waals surface area contributed by atoms with E-state index in [0.29, 0.717) is 23.0 Å². The first-order chi connectivity index (χ1) is 18.7. The number of hydrogen-bond donors (Lipinski definition) is 1. The molecule has 204 valence electrons. The van der Waals surface area contributed by atoms with Gasteiger partial charge in [0, 0.05) is 22.7 Å². The SMILES string of the molecule is CC(C)Oc1ccc(-c2cccc(C(F)(F)F)c2)cn1.Fc1cnc(NSc2ccc3c(c2)OCCC3)nc1. The van der Waals surface area contributed by atoms with E-state index in [9.17, 15) is 17.6 Å². The number of hydrogen-bond acceptors (Lipinski definition) is 7. The topological polar surface area (TPSA) is 69.2 Å². The molecule has 1 aliphatic heterocycles. The summed E-state index contributed by atoms with van der Waals surface area (Å²) in [7, 11) is 0. The lowest BCUT2D eigenvalue weighted by Gasteiger charge is -2.17. The fourth-order valence-electron chi connectivity index (χ4n) is 3.59. The van der Waals surface area contributed by atoms with Gasteiger partial charge in [0.15, 0.2) is 5.82 Å². The molecule has 11 heteroatoms. The van der Waals surface area contributed by atoms with E-state index >= 15 is 0 Å². The number of anilines is 1. The molecule has 0 fully saturated rings. The molecule has 5 rings (SSSR count). The standard InChI is InChI=1S/C15H14F3NO.C13H12FN3OS/c1-10(2)20-14-7-6-12(9-19-14)11-4-3-5-13(8-11)15(16,17)18;14-10-7-15-13(16-8-10)17-19-11-4-3-9-2-1-5-18-12(9)6-11/h3-10H,1-2H3;3-4,6-8H,1-2,5H2,(H,15,16,17). The van der Waals surface area contributed by atoms with Crippen LogP contribution in [0, 0.1) is 5.82 Å². The third-order valence-electron chi connectivity index (χ3n) is 5.38. The lowest BCUT2D eigenvalue weighted by Crippen LogP contribution is -2.08. The third kappa shape index (κ3) is 8.31. The first-order valence-corrected chi connectivity index (χ1v) is 13.0. The predicted molar refractivity (Wildman–Crippen MR) is 142 cm³/mol. The number of nitrogens with zero attached hydrogens (tertiary/aromatic N) is 3. The maximum atomic E-state index is 12.7. The van der Waals surface area contributed by atoms with Crippen LogP contribution in [0.1, 0.15) is 31.4 Å². The Morgan fingerprint density at radius 2 is 1.74 bits per heavy atom. The highest BCUT2D eigenvalue weighted by atomic mass is 32.2. The molecular weight excluding hydrogens is 532 g/mol. The monoisotopic (exact) mass is 558 g/mol. The van der Waals surface area contributed by atoms with Crippen LogP contribution >= 0.6 is 11.9 Å². The molecule has 0 aliphatic carbocycles. The minimum Gasteiger partial charge on any atom is -0.493 e. The molecule has 0 saturated carbocycles. The summed E-state index contributed by atoms with van der Waals surface area (Å²) < 4.78 is 64.6. The van der Waals surface area contributed by atoms with Gasteiger partial charge >= 0.3 is 6.18 Å². The third-order valence-corrected chi connectivity index (χ3v) is 6.16. The van der Waals surface area contributed by atoms with Gasteiger partial charge in [0.1, 0.15) is 5.75 Å². The van der Waals surface area contributed by atoms with Gasteiger partial charge in [-0.25, -0.2) is 19.3 Å². The van der Waals surface area contributed by atoms with Gasteiger partial charge in [-0.1, -0.05) is 18.2 Å². The molecule has 0 spiro atoms. The van der Waals surface area contributed by atoms with E-state index in [0.717, 1.165) is 54.6 Å². The second kappa shape index (κ2) is 12.8. The number of pyridine rings is 1. The van der Waals surface area contributed by atoms with Gasteiger partial charge in [0.25, 0.3) is 0 Å². The fourth-order valence-corrected chi connectivity index (χ4v) is 4.21. The maximum Gasteiger partial charge on any atom is 0.416 e. The predicted octanol–water partition coefficient (Wildman–Crippen LogP) is 7.61. The number of aryl methyl sites for hydroxylation is 1. The molecule has 0 bridgehead atoms. The Kier molecular flexibility index (Phi) is 9.23. The van der Waals surface area contributed by atoms with Crippen LogP contribution in [-0.2, 0) is 12.6 Å². The molecule has 4 aromatic rings. The van der Waals surface area contributed by atoms with Crippen molar-refractivity contribution in [3.63, 3.8) is 0 Å². The van der Waals surface area contributed by atoms with Crippen LogP contribution in [0.5, 0.6) is 11.6 Å². The highest BCUT2D eigenvalue weighted by Crippen LogP contribution is 2.32. The number of fused-ring (bicyclic) bond motifs is 1. The second-order valence-electron chi connectivity index (χ2n) is 8.78. The maximum absolute atomic E-state index is 12.7. The Morgan fingerprint density at radius 1 is 0.949 bits per heavy atom. The molecule has 0 saturated heterocycles. The lowest BCUT2D eigenvalue weighted by atomic mass is 10.0. The highest BCUT2D eigenvalue weighted by Gasteiger charge is 2.30. The molecule has 6 nitrogen and oxygen atoms in total. The first kappa shape index (κ1) is 28.2. The lowest BCUT2D eigenvalue weighted by molar-refractivity contribution is -0.137. The van der Waals surface area contributed by atoms with Crippen LogP contribution in [0.25, 0.3) is 11.1 Å². The fraction of sp³-hybridized carbons (Fsp3) is 0.250. The van der Waals surface area contributed by atoms with Crippen molar-refractivity contribution in [2.75, 3.05) is 11.3 Å². The van der Waals surface area contributed by atoms with Gasteiger partial charge in [0.2, 0.25) is 11.8 Å². The van der Waals surface area contributed by atoms with Gasteiger partial charge in [-0.15, -0.1) is 0 Å². The summed E-state index contributed by atoms with van der Waals surface area (Å²) in [6.07, 6.45) is 1.56. The zero-order valence-corrected chi connectivity index (χ0v) is 22.0. The van der Waals surface area contributed by atoms with Gasteiger partial charge in [-0.05, 0) is 80.1 Å². The van der Waals surface area contributed by atoms with Crippen molar-refractivity contribution < 1.29 is 27.0 Å². The smallest absolute Gasteiger partial charge is 0.416 e. The van der Waals surface area contributed by atoms with Gasteiger partial charge in [-0.3, -0.25) is 4.72 Å². The molecule has 2 aromatic carbocycles. The average molecular weight is 559 g/mol. The first-order valence-electron chi connectivity index (χ1n) is 12.1. The van der Waals surface area contributed by atoms with Crippen molar-refractivity contribution >= 4 is 17.9 Å². The molecule has 0 amide bonds. The number of halogens is 4. The van der Waals surface area contributed by atoms with E-state index in [4.69, 9.17) is 9.47 Å². The molecule has 0 unspecified atom stereocenters. The number of rotatable bonds is 6. The summed E-state index contributed by atoms with van der Waals surface area (Å²) in [5, 5.41) is 0. The van der Waals surface area contributed by atoms with Crippen molar-refractivity contribution in [1.29, 1.82) is 0 Å². The average Bonchev–Trinajstić information content (AvgIpc) is 2.93. The number of alkyl halides is 3. The van der Waals surface area contributed by atoms with E-state index in [-0.39, 0.29) is 6.10 Å². The van der Waals surface area contributed by atoms with Crippen LogP contribution in [0.3, 0.4) is 0 Å². The normalized spacial score (nSPS) is 12.6. The van der Waals surface area contributed by atoms with Gasteiger partial charge in [0.05, 0.1) is 30.7 Å². The van der Waals surface area contributed by atoms with E-state index < -0.39 is 17.6 Å². The summed E-state index contributed by atoms with van der Waals surface area (Å²) in [6.45, 7) is 4.53. The highest BCUT2D eigenvalue weighted by molar-refractivity contribution is 8.00. The van der Waals surface area contributed by atoms with Crippen LogP contribution < -0.4 is 14.2 Å². The van der Waals surface area contributed by atoms with Crippen LogP contribution in [0.4, 0.5) is 23.5 Å². The molecule has 1 aliphatic rings. The summed E-state index contributed by atoms with van der Waals surface area (Å²) in [5.41, 5.74) is 1.67. The summed E-state index contributed by atoms with van der Waals surface area (Å²) in [6, 6.07) is 14.6. The largest absolute Gasteiger partial charge is 0.493 e. The van der Waals surface area contributed by atoms with Crippen molar-refractivity contribution in [3.05, 3.63) is 90.1 Å². The summed E-state index contributed by atoms with van der Waals surface area (Å²) in [5.74, 6) is 1.33. The minimum atomic E-state index is -4.34. The molecule has 39 heavy (non-hydrogen) atoms. The van der Waals surface area contributed by atoms with Gasteiger partial charge < -0.3 is 9.47 Å². The zero-order chi connectivity index (χ0) is 27.8. The van der Waals surface area contributed by atoms with Crippen molar-refractivity contribution in [2.45, 2.75) is 43.9 Å². The number of ether oxygens (including phenoxy) is 2. The molecular formula is C28H26F4N4O2S. The Bertz CT molecular complexity index is 1370. The van der Waals surface area contributed by atoms with Crippen molar-refractivity contribution in [3.8, 4) is 22.8 Å². The van der Waals surface area contributed by atoms with Gasteiger partial charge in [-0.2, -0.15) is 13.2 Å². The molecule has 1 N–H and O–H groups in total. The Hall–Kier alpha value is -3.86. The van der Waals surface area contributed by atoms with Crippen LogP contribution in [0.15, 0.2) is 78.1 Å². The zero-order valence-electron chi connectivity index (χ0n) is 21.2. The summed E-state index contributed by atoms with van der Waals surface area (Å²) in [4.78, 5) is 12.8. The summed E-state index contributed by atoms with van der Waals surface area (Å²) >= 11 is 1.37. The minimum absolute atomic E-state index is 0.00177. The van der Waals surface area contributed by atoms with Crippen LogP contribution in [0.2, 0.25) is 0 Å². The Morgan fingerprint density at radius 3 is 2.44 bits per heavy atom. The Balaban J connectivity index is 0.000000181. The number of benzene rings is 2. The second-order valence-corrected chi connectivity index (χ2v) is 9.66. The van der Waals surface area contributed by atoms with E-state index in [1.807, 2.05) is 26.0 Å². The van der Waals surface area contributed by atoms with E-state index in [1.54, 1.807) is 18.2 Å². The van der Waals surface area contributed by atoms with Crippen LogP contribution in [-0.4, -0.2) is 27.7 Å².